The van der Waals surface area contributed by atoms with E-state index in [9.17, 15) is 0 Å². The van der Waals surface area contributed by atoms with Crippen LogP contribution < -0.4 is 0 Å². The van der Waals surface area contributed by atoms with Crippen LogP contribution in [0.25, 0.3) is 9.75 Å². The highest BCUT2D eigenvalue weighted by Crippen LogP contribution is 2.34. The van der Waals surface area contributed by atoms with Crippen molar-refractivity contribution in [2.45, 2.75) is 25.7 Å². The molecule has 0 bridgehead atoms. The minimum absolute atomic E-state index is 1.17. The molecule has 0 saturated heterocycles. The lowest BCUT2D eigenvalue weighted by atomic mass is 10.2. The van der Waals surface area contributed by atoms with Gasteiger partial charge in [0.15, 0.2) is 0 Å². The van der Waals surface area contributed by atoms with E-state index in [2.05, 4.69) is 62.3 Å². The Morgan fingerprint density at radius 2 is 1.09 bits per heavy atom. The summed E-state index contributed by atoms with van der Waals surface area (Å²) >= 11 is 3.93. The molecule has 0 saturated carbocycles. The molecule has 122 valence electrons. The van der Waals surface area contributed by atoms with E-state index in [-0.39, 0.29) is 0 Å². The van der Waals surface area contributed by atoms with E-state index >= 15 is 0 Å². The van der Waals surface area contributed by atoms with E-state index in [1.54, 1.807) is 0 Å². The van der Waals surface area contributed by atoms with Crippen LogP contribution in [0.3, 0.4) is 0 Å². The fourth-order valence-electron chi connectivity index (χ4n) is 2.43. The lowest BCUT2D eigenvalue weighted by Gasteiger charge is -2.07. The summed E-state index contributed by atoms with van der Waals surface area (Å²) in [4.78, 5) is 10.4. The smallest absolute Gasteiger partial charge is 0.0445 e. The largest absolute Gasteiger partial charge is 0.309 e. The van der Waals surface area contributed by atoms with Gasteiger partial charge in [0.25, 0.3) is 0 Å². The van der Waals surface area contributed by atoms with Crippen molar-refractivity contribution in [3.05, 3.63) is 34.0 Å². The first-order chi connectivity index (χ1) is 10.5. The second kappa shape index (κ2) is 8.82. The van der Waals surface area contributed by atoms with Gasteiger partial charge in [0.1, 0.15) is 0 Å². The molecule has 0 amide bonds. The molecular formula is C18H28N2S2. The molecular weight excluding hydrogens is 308 g/mol. The van der Waals surface area contributed by atoms with Crippen LogP contribution >= 0.6 is 22.7 Å². The van der Waals surface area contributed by atoms with Crippen molar-refractivity contribution < 1.29 is 0 Å². The summed E-state index contributed by atoms with van der Waals surface area (Å²) in [7, 11) is 8.57. The summed E-state index contributed by atoms with van der Waals surface area (Å²) in [6.07, 6.45) is 4.88. The van der Waals surface area contributed by atoms with Gasteiger partial charge in [-0.15, -0.1) is 22.7 Å². The maximum absolute atomic E-state index is 2.31. The lowest BCUT2D eigenvalue weighted by Crippen LogP contribution is -2.13. The van der Waals surface area contributed by atoms with E-state index < -0.39 is 0 Å². The van der Waals surface area contributed by atoms with Crippen LogP contribution in [-0.4, -0.2) is 51.1 Å². The van der Waals surface area contributed by atoms with Crippen molar-refractivity contribution in [1.82, 2.24) is 9.80 Å². The van der Waals surface area contributed by atoms with Crippen LogP contribution in [0.5, 0.6) is 0 Å². The van der Waals surface area contributed by atoms with Crippen LogP contribution in [-0.2, 0) is 12.8 Å². The molecule has 0 fully saturated rings. The second-order valence-corrected chi connectivity index (χ2v) is 8.68. The number of thiophene rings is 2. The Kier molecular flexibility index (Phi) is 7.09. The highest BCUT2D eigenvalue weighted by Gasteiger charge is 2.07. The van der Waals surface area contributed by atoms with Gasteiger partial charge in [0.2, 0.25) is 0 Å². The molecule has 0 spiro atoms. The molecule has 0 aliphatic rings. The molecule has 4 heteroatoms. The maximum atomic E-state index is 2.31. The average molecular weight is 337 g/mol. The molecule has 0 aliphatic carbocycles. The van der Waals surface area contributed by atoms with Crippen molar-refractivity contribution in [3.63, 3.8) is 0 Å². The Morgan fingerprint density at radius 1 is 0.682 bits per heavy atom. The Bertz CT molecular complexity index is 505. The van der Waals surface area contributed by atoms with Crippen LogP contribution in [0.2, 0.25) is 0 Å². The number of aryl methyl sites for hydroxylation is 2. The van der Waals surface area contributed by atoms with E-state index in [1.807, 2.05) is 22.7 Å². The van der Waals surface area contributed by atoms with E-state index in [0.717, 1.165) is 0 Å². The molecule has 0 N–H and O–H groups in total. The highest BCUT2D eigenvalue weighted by atomic mass is 32.1. The van der Waals surface area contributed by atoms with Gasteiger partial charge < -0.3 is 9.80 Å². The van der Waals surface area contributed by atoms with Gasteiger partial charge in [-0.25, -0.2) is 0 Å². The number of nitrogens with zero attached hydrogens (tertiary/aromatic N) is 2. The van der Waals surface area contributed by atoms with Crippen molar-refractivity contribution in [2.75, 3.05) is 41.3 Å². The lowest BCUT2D eigenvalue weighted by molar-refractivity contribution is 0.401. The fourth-order valence-corrected chi connectivity index (χ4v) is 4.62. The van der Waals surface area contributed by atoms with Crippen LogP contribution in [0, 0.1) is 0 Å². The van der Waals surface area contributed by atoms with Crippen molar-refractivity contribution in [3.8, 4) is 9.75 Å². The third-order valence-electron chi connectivity index (χ3n) is 3.62. The zero-order valence-electron chi connectivity index (χ0n) is 14.3. The summed E-state index contributed by atoms with van der Waals surface area (Å²) < 4.78 is 0. The highest BCUT2D eigenvalue weighted by molar-refractivity contribution is 7.22. The van der Waals surface area contributed by atoms with Gasteiger partial charge >= 0.3 is 0 Å². The SMILES string of the molecule is CN(C)CCCc1ccc(-c2ccc(CCCN(C)C)s2)s1. The molecule has 2 heterocycles. The average Bonchev–Trinajstić information content (AvgIpc) is 3.06. The molecule has 0 unspecified atom stereocenters. The van der Waals surface area contributed by atoms with Crippen LogP contribution in [0.1, 0.15) is 22.6 Å². The standard InChI is InChI=1S/C18H28N2S2/c1-19(2)13-5-7-15-9-11-17(21-15)18-12-10-16(22-18)8-6-14-20(3)4/h9-12H,5-8,13-14H2,1-4H3. The van der Waals surface area contributed by atoms with E-state index in [0.29, 0.717) is 0 Å². The van der Waals surface area contributed by atoms with Gasteiger partial charge in [0, 0.05) is 19.5 Å². The molecule has 22 heavy (non-hydrogen) atoms. The Morgan fingerprint density at radius 3 is 1.45 bits per heavy atom. The zero-order chi connectivity index (χ0) is 15.9. The quantitative estimate of drug-likeness (QED) is 0.667. The fraction of sp³-hybridized carbons (Fsp3) is 0.556. The Hall–Kier alpha value is -0.680. The van der Waals surface area contributed by atoms with Crippen LogP contribution in [0.15, 0.2) is 24.3 Å². The third kappa shape index (κ3) is 5.84. The molecule has 0 aromatic carbocycles. The van der Waals surface area contributed by atoms with Gasteiger partial charge in [0.05, 0.1) is 0 Å². The van der Waals surface area contributed by atoms with E-state index in [4.69, 9.17) is 0 Å². The monoisotopic (exact) mass is 336 g/mol. The van der Waals surface area contributed by atoms with Crippen molar-refractivity contribution in [1.29, 1.82) is 0 Å². The zero-order valence-corrected chi connectivity index (χ0v) is 15.9. The molecule has 0 aliphatic heterocycles. The van der Waals surface area contributed by atoms with Gasteiger partial charge in [-0.1, -0.05) is 0 Å². The molecule has 2 nitrogen and oxygen atoms in total. The topological polar surface area (TPSA) is 6.48 Å². The normalized spacial score (nSPS) is 11.7. The Balaban J connectivity index is 1.86. The molecule has 0 radical (unpaired) electrons. The minimum Gasteiger partial charge on any atom is -0.309 e. The Labute approximate surface area is 143 Å². The van der Waals surface area contributed by atoms with Crippen molar-refractivity contribution >= 4 is 22.7 Å². The molecule has 2 aromatic heterocycles. The summed E-state index contributed by atoms with van der Waals surface area (Å²) in [6.45, 7) is 2.34. The van der Waals surface area contributed by atoms with Gasteiger partial charge in [-0.2, -0.15) is 0 Å². The first-order valence-electron chi connectivity index (χ1n) is 8.02. The number of hydrogen-bond donors (Lipinski definition) is 0. The van der Waals surface area contributed by atoms with Gasteiger partial charge in [-0.3, -0.25) is 0 Å². The molecule has 0 atom stereocenters. The predicted molar refractivity (Wildman–Crippen MR) is 101 cm³/mol. The number of hydrogen-bond acceptors (Lipinski definition) is 4. The second-order valence-electron chi connectivity index (χ2n) is 6.35. The van der Waals surface area contributed by atoms with E-state index in [1.165, 1.54) is 58.3 Å². The first kappa shape index (κ1) is 17.7. The summed E-state index contributed by atoms with van der Waals surface area (Å²) in [5.41, 5.74) is 0. The third-order valence-corrected chi connectivity index (χ3v) is 6.11. The van der Waals surface area contributed by atoms with Crippen molar-refractivity contribution in [2.24, 2.45) is 0 Å². The predicted octanol–water partition coefficient (Wildman–Crippen LogP) is 4.47. The first-order valence-corrected chi connectivity index (χ1v) is 9.65. The summed E-state index contributed by atoms with van der Waals surface area (Å²) in [5, 5.41) is 0. The number of rotatable bonds is 9. The molecule has 2 rings (SSSR count). The molecule has 2 aromatic rings. The minimum atomic E-state index is 1.17. The van der Waals surface area contributed by atoms with Crippen LogP contribution in [0.4, 0.5) is 0 Å². The van der Waals surface area contributed by atoms with Gasteiger partial charge in [-0.05, 0) is 91.2 Å². The summed E-state index contributed by atoms with van der Waals surface area (Å²) in [6, 6.07) is 9.21. The maximum Gasteiger partial charge on any atom is 0.0445 e. The summed E-state index contributed by atoms with van der Waals surface area (Å²) in [5.74, 6) is 0.